The second kappa shape index (κ2) is 9.47. The molecule has 1 amide bonds. The van der Waals surface area contributed by atoms with Crippen molar-refractivity contribution in [2.45, 2.75) is 57.7 Å². The van der Waals surface area contributed by atoms with Gasteiger partial charge in [0.15, 0.2) is 0 Å². The van der Waals surface area contributed by atoms with Crippen molar-refractivity contribution < 1.29 is 9.21 Å². The monoisotopic (exact) mass is 423 g/mol. The Labute approximate surface area is 182 Å². The molecule has 0 aliphatic rings. The molecule has 3 aromatic rings. The van der Waals surface area contributed by atoms with Crippen LogP contribution in [0.3, 0.4) is 0 Å². The molecule has 6 heteroatoms. The predicted molar refractivity (Wildman–Crippen MR) is 122 cm³/mol. The number of hydrogen-bond donors (Lipinski definition) is 1. The summed E-state index contributed by atoms with van der Waals surface area (Å²) < 4.78 is 5.72. The normalized spacial score (nSPS) is 12.6. The van der Waals surface area contributed by atoms with E-state index in [1.807, 2.05) is 19.1 Å². The van der Waals surface area contributed by atoms with Crippen LogP contribution in [0.15, 0.2) is 58.2 Å². The van der Waals surface area contributed by atoms with E-state index in [-0.39, 0.29) is 23.1 Å². The van der Waals surface area contributed by atoms with Gasteiger partial charge in [0.25, 0.3) is 5.22 Å². The topological polar surface area (TPSA) is 68.0 Å². The molecule has 2 aromatic carbocycles. The van der Waals surface area contributed by atoms with Gasteiger partial charge in [0, 0.05) is 5.56 Å². The third-order valence-electron chi connectivity index (χ3n) is 5.00. The van der Waals surface area contributed by atoms with E-state index < -0.39 is 0 Å². The molecule has 0 spiro atoms. The Bertz CT molecular complexity index is 973. The molecule has 1 N–H and O–H groups in total. The van der Waals surface area contributed by atoms with Gasteiger partial charge in [-0.2, -0.15) is 0 Å². The highest BCUT2D eigenvalue weighted by Gasteiger charge is 2.16. The van der Waals surface area contributed by atoms with E-state index >= 15 is 0 Å². The van der Waals surface area contributed by atoms with Crippen LogP contribution in [-0.4, -0.2) is 21.9 Å². The van der Waals surface area contributed by atoms with Gasteiger partial charge < -0.3 is 9.73 Å². The summed E-state index contributed by atoms with van der Waals surface area (Å²) in [5.41, 5.74) is 4.58. The third kappa shape index (κ3) is 5.72. The number of nitrogens with zero attached hydrogens (tertiary/aromatic N) is 2. The van der Waals surface area contributed by atoms with Gasteiger partial charge >= 0.3 is 0 Å². The molecule has 30 heavy (non-hydrogen) atoms. The first-order valence-electron chi connectivity index (χ1n) is 10.2. The average molecular weight is 424 g/mol. The largest absolute Gasteiger partial charge is 0.411 e. The van der Waals surface area contributed by atoms with Gasteiger partial charge in [0.1, 0.15) is 0 Å². The lowest BCUT2D eigenvalue weighted by atomic mass is 9.87. The van der Waals surface area contributed by atoms with Crippen molar-refractivity contribution >= 4 is 17.7 Å². The number of carbonyl (C=O) groups is 1. The van der Waals surface area contributed by atoms with Crippen molar-refractivity contribution in [1.82, 2.24) is 15.5 Å². The molecule has 5 nitrogen and oxygen atoms in total. The lowest BCUT2D eigenvalue weighted by Gasteiger charge is -2.18. The Morgan fingerprint density at radius 3 is 2.33 bits per heavy atom. The second-order valence-corrected chi connectivity index (χ2v) is 9.30. The van der Waals surface area contributed by atoms with Gasteiger partial charge in [-0.1, -0.05) is 75.9 Å². The average Bonchev–Trinajstić information content (AvgIpc) is 3.21. The van der Waals surface area contributed by atoms with Gasteiger partial charge in [-0.05, 0) is 47.6 Å². The summed E-state index contributed by atoms with van der Waals surface area (Å²) in [4.78, 5) is 12.3. The standard InChI is InChI=1S/C24H29N3O2S/c1-6-17-7-9-18(10-8-17)16(2)25-21(28)15-30-23-27-26-22(29-23)19-11-13-20(14-12-19)24(3,4)5/h7-14,16H,6,15H2,1-5H3,(H,25,28)/t16-/m1/s1. The number of aromatic nitrogens is 2. The zero-order chi connectivity index (χ0) is 21.7. The molecule has 0 fully saturated rings. The summed E-state index contributed by atoms with van der Waals surface area (Å²) in [5.74, 6) is 0.617. The summed E-state index contributed by atoms with van der Waals surface area (Å²) in [6.45, 7) is 10.6. The van der Waals surface area contributed by atoms with Crippen molar-refractivity contribution in [3.05, 3.63) is 65.2 Å². The minimum Gasteiger partial charge on any atom is -0.411 e. The molecule has 0 radical (unpaired) electrons. The molecular weight excluding hydrogens is 394 g/mol. The lowest BCUT2D eigenvalue weighted by molar-refractivity contribution is -0.119. The van der Waals surface area contributed by atoms with Crippen molar-refractivity contribution in [1.29, 1.82) is 0 Å². The van der Waals surface area contributed by atoms with Gasteiger partial charge in [-0.15, -0.1) is 10.2 Å². The zero-order valence-corrected chi connectivity index (χ0v) is 19.0. The lowest BCUT2D eigenvalue weighted by Crippen LogP contribution is -2.28. The number of carbonyl (C=O) groups excluding carboxylic acids is 1. The molecule has 0 unspecified atom stereocenters. The zero-order valence-electron chi connectivity index (χ0n) is 18.2. The molecule has 0 aliphatic carbocycles. The van der Waals surface area contributed by atoms with E-state index in [9.17, 15) is 4.79 Å². The quantitative estimate of drug-likeness (QED) is 0.504. The van der Waals surface area contributed by atoms with Gasteiger partial charge in [-0.25, -0.2) is 0 Å². The van der Waals surface area contributed by atoms with E-state index in [2.05, 4.69) is 79.6 Å². The van der Waals surface area contributed by atoms with E-state index in [4.69, 9.17) is 4.42 Å². The minimum atomic E-state index is -0.0682. The SMILES string of the molecule is CCc1ccc([C@@H](C)NC(=O)CSc2nnc(-c3ccc(C(C)(C)C)cc3)o2)cc1. The van der Waals surface area contributed by atoms with Crippen LogP contribution in [0.5, 0.6) is 0 Å². The molecule has 0 saturated carbocycles. The molecule has 3 rings (SSSR count). The first-order valence-corrected chi connectivity index (χ1v) is 11.2. The molecule has 0 aliphatic heterocycles. The number of benzene rings is 2. The number of amides is 1. The first kappa shape index (κ1) is 22.1. The van der Waals surface area contributed by atoms with E-state index in [1.165, 1.54) is 22.9 Å². The van der Waals surface area contributed by atoms with Crippen molar-refractivity contribution in [3.63, 3.8) is 0 Å². The number of hydrogen-bond acceptors (Lipinski definition) is 5. The summed E-state index contributed by atoms with van der Waals surface area (Å²) in [7, 11) is 0. The fraction of sp³-hybridized carbons (Fsp3) is 0.375. The Hall–Kier alpha value is -2.60. The van der Waals surface area contributed by atoms with E-state index in [1.54, 1.807) is 0 Å². The third-order valence-corrected chi connectivity index (χ3v) is 5.81. The summed E-state index contributed by atoms with van der Waals surface area (Å²) in [6, 6.07) is 16.4. The molecule has 0 bridgehead atoms. The van der Waals surface area contributed by atoms with Crippen LogP contribution < -0.4 is 5.32 Å². The summed E-state index contributed by atoms with van der Waals surface area (Å²) in [5, 5.41) is 11.6. The van der Waals surface area contributed by atoms with Gasteiger partial charge in [0.05, 0.1) is 11.8 Å². The molecule has 1 heterocycles. The summed E-state index contributed by atoms with van der Waals surface area (Å²) in [6.07, 6.45) is 1.00. The Morgan fingerprint density at radius 1 is 1.07 bits per heavy atom. The fourth-order valence-corrected chi connectivity index (χ4v) is 3.61. The van der Waals surface area contributed by atoms with Crippen LogP contribution in [0.4, 0.5) is 0 Å². The maximum Gasteiger partial charge on any atom is 0.277 e. The van der Waals surface area contributed by atoms with E-state index in [0.717, 1.165) is 17.5 Å². The minimum absolute atomic E-state index is 0.0522. The maximum absolute atomic E-state index is 12.3. The second-order valence-electron chi connectivity index (χ2n) is 8.37. The highest BCUT2D eigenvalue weighted by molar-refractivity contribution is 7.99. The van der Waals surface area contributed by atoms with E-state index in [0.29, 0.717) is 11.1 Å². The predicted octanol–water partition coefficient (Wildman–Crippen LogP) is 5.57. The highest BCUT2D eigenvalue weighted by atomic mass is 32.2. The number of aryl methyl sites for hydroxylation is 1. The van der Waals surface area contributed by atoms with Crippen LogP contribution in [-0.2, 0) is 16.6 Å². The van der Waals surface area contributed by atoms with Gasteiger partial charge in [-0.3, -0.25) is 4.79 Å². The smallest absolute Gasteiger partial charge is 0.277 e. The van der Waals surface area contributed by atoms with Crippen molar-refractivity contribution in [2.75, 3.05) is 5.75 Å². The first-order chi connectivity index (χ1) is 14.3. The Morgan fingerprint density at radius 2 is 1.73 bits per heavy atom. The molecular formula is C24H29N3O2S. The highest BCUT2D eigenvalue weighted by Crippen LogP contribution is 2.27. The van der Waals surface area contributed by atoms with Crippen molar-refractivity contribution in [2.24, 2.45) is 0 Å². The van der Waals surface area contributed by atoms with Crippen molar-refractivity contribution in [3.8, 4) is 11.5 Å². The molecule has 1 atom stereocenters. The number of rotatable bonds is 7. The molecule has 1 aromatic heterocycles. The Kier molecular flexibility index (Phi) is 6.98. The summed E-state index contributed by atoms with van der Waals surface area (Å²) >= 11 is 1.24. The molecule has 0 saturated heterocycles. The molecule has 158 valence electrons. The van der Waals surface area contributed by atoms with Gasteiger partial charge in [0.2, 0.25) is 11.8 Å². The Balaban J connectivity index is 1.53. The maximum atomic E-state index is 12.3. The van der Waals surface area contributed by atoms with Crippen LogP contribution >= 0.6 is 11.8 Å². The van der Waals surface area contributed by atoms with Crippen LogP contribution in [0.1, 0.15) is 57.4 Å². The van der Waals surface area contributed by atoms with Crippen LogP contribution in [0.25, 0.3) is 11.5 Å². The fourth-order valence-electron chi connectivity index (χ4n) is 3.03. The van der Waals surface area contributed by atoms with Crippen LogP contribution in [0, 0.1) is 0 Å². The van der Waals surface area contributed by atoms with Crippen LogP contribution in [0.2, 0.25) is 0 Å². The number of thioether (sulfide) groups is 1. The number of nitrogens with one attached hydrogen (secondary N) is 1.